The Morgan fingerprint density at radius 3 is 3.10 bits per heavy atom. The Balaban J connectivity index is 2.00. The highest BCUT2D eigenvalue weighted by atomic mass is 16.3. The Kier molecular flexibility index (Phi) is 2.87. The number of hydrogen-bond donors (Lipinski definition) is 2. The highest BCUT2D eigenvalue weighted by Gasteiger charge is 2.30. The molecule has 3 rings (SSSR count). The predicted octanol–water partition coefficient (Wildman–Crippen LogP) is 1.26. The van der Waals surface area contributed by atoms with E-state index in [2.05, 4.69) is 17.2 Å². The Bertz CT molecular complexity index is 856. The van der Waals surface area contributed by atoms with E-state index < -0.39 is 12.4 Å². The Morgan fingerprint density at radius 1 is 1.48 bits per heavy atom. The van der Waals surface area contributed by atoms with Crippen LogP contribution in [0.15, 0.2) is 28.9 Å². The fraction of sp³-hybridized carbons (Fsp3) is 0.250. The van der Waals surface area contributed by atoms with E-state index in [1.807, 2.05) is 0 Å². The van der Waals surface area contributed by atoms with E-state index in [4.69, 9.17) is 12.9 Å². The van der Waals surface area contributed by atoms with Crippen molar-refractivity contribution in [1.82, 2.24) is 5.32 Å². The standard InChI is InChI=1S/C16H14N2O3/c17-7-1-2-10-3-5-14-12(8-10)13(9-21-14)11-4-6-15(19)18-16(11)20/h3,5,8-9,11H,4,6-7,17H2,(H,18,19,20)/i7D2. The summed E-state index contributed by atoms with van der Waals surface area (Å²) in [5.41, 5.74) is 7.08. The molecule has 1 saturated heterocycles. The van der Waals surface area contributed by atoms with Gasteiger partial charge in [-0.05, 0) is 24.6 Å². The second kappa shape index (κ2) is 5.43. The van der Waals surface area contributed by atoms with Crippen molar-refractivity contribution in [2.45, 2.75) is 18.8 Å². The van der Waals surface area contributed by atoms with Crippen LogP contribution in [0, 0.1) is 11.8 Å². The Morgan fingerprint density at radius 2 is 2.33 bits per heavy atom. The van der Waals surface area contributed by atoms with Gasteiger partial charge in [-0.3, -0.25) is 14.9 Å². The molecule has 1 aromatic carbocycles. The van der Waals surface area contributed by atoms with E-state index in [1.165, 1.54) is 6.26 Å². The number of imide groups is 1. The maximum Gasteiger partial charge on any atom is 0.234 e. The molecule has 5 nitrogen and oxygen atoms in total. The molecular weight excluding hydrogens is 268 g/mol. The van der Waals surface area contributed by atoms with Gasteiger partial charge in [-0.1, -0.05) is 11.8 Å². The summed E-state index contributed by atoms with van der Waals surface area (Å²) in [6.07, 6.45) is 2.24. The van der Waals surface area contributed by atoms with Crippen molar-refractivity contribution >= 4 is 22.8 Å². The number of nitrogens with two attached hydrogens (primary N) is 1. The minimum absolute atomic E-state index is 0.268. The van der Waals surface area contributed by atoms with Gasteiger partial charge < -0.3 is 10.2 Å². The second-order valence-electron chi connectivity index (χ2n) is 4.80. The van der Waals surface area contributed by atoms with Crippen molar-refractivity contribution in [2.75, 3.05) is 6.50 Å². The molecule has 0 aliphatic carbocycles. The van der Waals surface area contributed by atoms with Crippen LogP contribution in [0.1, 0.15) is 32.6 Å². The van der Waals surface area contributed by atoms with E-state index >= 15 is 0 Å². The molecule has 106 valence electrons. The van der Waals surface area contributed by atoms with E-state index in [0.717, 1.165) is 5.39 Å². The van der Waals surface area contributed by atoms with Gasteiger partial charge in [0, 0.05) is 22.9 Å². The number of nitrogens with one attached hydrogen (secondary N) is 1. The second-order valence-corrected chi connectivity index (χ2v) is 4.80. The number of furan rings is 1. The van der Waals surface area contributed by atoms with Crippen LogP contribution in [0.25, 0.3) is 11.0 Å². The summed E-state index contributed by atoms with van der Waals surface area (Å²) in [7, 11) is 0. The quantitative estimate of drug-likeness (QED) is 0.610. The van der Waals surface area contributed by atoms with Gasteiger partial charge in [0.2, 0.25) is 11.8 Å². The van der Waals surface area contributed by atoms with Gasteiger partial charge in [-0.2, -0.15) is 0 Å². The van der Waals surface area contributed by atoms with Crippen molar-refractivity contribution in [3.8, 4) is 11.8 Å². The van der Waals surface area contributed by atoms with Crippen LogP contribution in [-0.4, -0.2) is 18.3 Å². The topological polar surface area (TPSA) is 85.3 Å². The molecule has 0 saturated carbocycles. The molecule has 0 radical (unpaired) electrons. The van der Waals surface area contributed by atoms with Crippen LogP contribution >= 0.6 is 0 Å². The fourth-order valence-electron chi connectivity index (χ4n) is 2.49. The molecular formula is C16H14N2O3. The molecule has 1 aromatic heterocycles. The van der Waals surface area contributed by atoms with Crippen molar-refractivity contribution < 1.29 is 16.7 Å². The smallest absolute Gasteiger partial charge is 0.234 e. The van der Waals surface area contributed by atoms with Gasteiger partial charge in [-0.25, -0.2) is 0 Å². The van der Waals surface area contributed by atoms with Crippen LogP contribution in [0.3, 0.4) is 0 Å². The first kappa shape index (κ1) is 11.1. The molecule has 0 spiro atoms. The molecule has 2 amide bonds. The molecule has 2 aromatic rings. The van der Waals surface area contributed by atoms with E-state index in [9.17, 15) is 9.59 Å². The lowest BCUT2D eigenvalue weighted by molar-refractivity contribution is -0.134. The molecule has 3 N–H and O–H groups in total. The zero-order valence-corrected chi connectivity index (χ0v) is 11.1. The number of piperidine rings is 1. The highest BCUT2D eigenvalue weighted by molar-refractivity contribution is 6.02. The summed E-state index contributed by atoms with van der Waals surface area (Å²) < 4.78 is 19.9. The summed E-state index contributed by atoms with van der Waals surface area (Å²) >= 11 is 0. The lowest BCUT2D eigenvalue weighted by Crippen LogP contribution is -2.39. The SMILES string of the molecule is [2H]C([2H])(N)C#Cc1ccc2occ(C3CCC(=O)NC3=O)c2c1. The van der Waals surface area contributed by atoms with E-state index in [-0.39, 0.29) is 18.2 Å². The molecule has 1 aliphatic heterocycles. The Hall–Kier alpha value is -2.58. The summed E-state index contributed by atoms with van der Waals surface area (Å²) in [6.45, 7) is -2.07. The van der Waals surface area contributed by atoms with E-state index in [0.29, 0.717) is 23.1 Å². The van der Waals surface area contributed by atoms with Gasteiger partial charge in [0.15, 0.2) is 0 Å². The highest BCUT2D eigenvalue weighted by Crippen LogP contribution is 2.32. The average Bonchev–Trinajstić information content (AvgIpc) is 2.87. The first-order chi connectivity index (χ1) is 10.8. The predicted molar refractivity (Wildman–Crippen MR) is 77.3 cm³/mol. The van der Waals surface area contributed by atoms with Crippen molar-refractivity contribution in [1.29, 1.82) is 0 Å². The number of carbonyl (C=O) groups is 2. The molecule has 5 heteroatoms. The fourth-order valence-corrected chi connectivity index (χ4v) is 2.49. The summed E-state index contributed by atoms with van der Waals surface area (Å²) in [5.74, 6) is 3.94. The lowest BCUT2D eigenvalue weighted by Gasteiger charge is -2.19. The Labute approximate surface area is 124 Å². The van der Waals surface area contributed by atoms with Gasteiger partial charge in [-0.15, -0.1) is 0 Å². The van der Waals surface area contributed by atoms with Crippen LogP contribution in [0.5, 0.6) is 0 Å². The van der Waals surface area contributed by atoms with Gasteiger partial charge in [0.05, 0.1) is 21.4 Å². The van der Waals surface area contributed by atoms with Gasteiger partial charge in [0.25, 0.3) is 0 Å². The van der Waals surface area contributed by atoms with E-state index in [1.54, 1.807) is 18.2 Å². The third-order valence-electron chi connectivity index (χ3n) is 3.50. The van der Waals surface area contributed by atoms with Crippen molar-refractivity contribution in [2.24, 2.45) is 5.73 Å². The van der Waals surface area contributed by atoms with Crippen LogP contribution < -0.4 is 11.1 Å². The average molecular weight is 284 g/mol. The molecule has 1 fully saturated rings. The van der Waals surface area contributed by atoms with Crippen LogP contribution in [-0.2, 0) is 9.59 Å². The minimum atomic E-state index is -2.07. The molecule has 1 aliphatic rings. The monoisotopic (exact) mass is 284 g/mol. The van der Waals surface area contributed by atoms with Gasteiger partial charge in [0.1, 0.15) is 5.58 Å². The zero-order valence-electron chi connectivity index (χ0n) is 13.1. The number of hydrogen-bond acceptors (Lipinski definition) is 4. The molecule has 1 atom stereocenters. The molecule has 1 unspecified atom stereocenters. The number of carbonyl (C=O) groups excluding carboxylic acids is 2. The number of fused-ring (bicyclic) bond motifs is 1. The summed E-state index contributed by atoms with van der Waals surface area (Å²) in [5, 5.41) is 3.05. The number of amides is 2. The minimum Gasteiger partial charge on any atom is -0.464 e. The maximum absolute atomic E-state index is 12.0. The maximum atomic E-state index is 12.0. The zero-order chi connectivity index (χ0) is 16.6. The van der Waals surface area contributed by atoms with Crippen molar-refractivity contribution in [3.05, 3.63) is 35.6 Å². The number of rotatable bonds is 1. The van der Waals surface area contributed by atoms with Crippen molar-refractivity contribution in [3.63, 3.8) is 0 Å². The summed E-state index contributed by atoms with van der Waals surface area (Å²) in [6, 6.07) is 5.14. The first-order valence-corrected chi connectivity index (χ1v) is 6.50. The third kappa shape index (κ3) is 2.54. The lowest BCUT2D eigenvalue weighted by atomic mass is 9.90. The van der Waals surface area contributed by atoms with Crippen LogP contribution in [0.4, 0.5) is 0 Å². The van der Waals surface area contributed by atoms with Gasteiger partial charge >= 0.3 is 0 Å². The summed E-state index contributed by atoms with van der Waals surface area (Å²) in [4.78, 5) is 23.3. The molecule has 0 bridgehead atoms. The normalized spacial score (nSPS) is 20.3. The van der Waals surface area contributed by atoms with Crippen LogP contribution in [0.2, 0.25) is 0 Å². The largest absolute Gasteiger partial charge is 0.464 e. The first-order valence-electron chi connectivity index (χ1n) is 7.50. The molecule has 21 heavy (non-hydrogen) atoms. The third-order valence-corrected chi connectivity index (χ3v) is 3.50. The number of benzene rings is 1. The molecule has 2 heterocycles.